The van der Waals surface area contributed by atoms with Gasteiger partial charge in [-0.1, -0.05) is 6.07 Å². The number of sulfonamides is 1. The van der Waals surface area contributed by atoms with Crippen molar-refractivity contribution in [3.63, 3.8) is 0 Å². The van der Waals surface area contributed by atoms with Crippen molar-refractivity contribution in [3.05, 3.63) is 47.9 Å². The number of hydrogen-bond donors (Lipinski definition) is 3. The van der Waals surface area contributed by atoms with Crippen LogP contribution in [-0.4, -0.2) is 46.6 Å². The van der Waals surface area contributed by atoms with Crippen molar-refractivity contribution >= 4 is 39.4 Å². The van der Waals surface area contributed by atoms with Gasteiger partial charge in [0.05, 0.1) is 6.26 Å². The van der Waals surface area contributed by atoms with Gasteiger partial charge in [0.15, 0.2) is 0 Å². The van der Waals surface area contributed by atoms with Crippen LogP contribution in [0.1, 0.15) is 11.1 Å². The summed E-state index contributed by atoms with van der Waals surface area (Å²) in [6.45, 7) is -0.197. The summed E-state index contributed by atoms with van der Waals surface area (Å²) in [5.74, 6) is -0.523. The first kappa shape index (κ1) is 22.9. The van der Waals surface area contributed by atoms with Gasteiger partial charge in [0.25, 0.3) is 0 Å². The van der Waals surface area contributed by atoms with E-state index in [-0.39, 0.29) is 30.1 Å². The Morgan fingerprint density at radius 1 is 1.09 bits per heavy atom. The molecule has 15 heteroatoms. The summed E-state index contributed by atoms with van der Waals surface area (Å²) in [4.78, 5) is 19.3. The minimum atomic E-state index is -4.74. The molecule has 3 aromatic heterocycles. The first-order valence-corrected chi connectivity index (χ1v) is 10.7. The minimum Gasteiger partial charge on any atom is -0.384 e. The predicted octanol–water partition coefficient (Wildman–Crippen LogP) is 2.01. The maximum absolute atomic E-state index is 13.5. The number of nitrogens with two attached hydrogens (primary N) is 1. The smallest absolute Gasteiger partial charge is 0.384 e. The van der Waals surface area contributed by atoms with Gasteiger partial charge in [0.1, 0.15) is 23.0 Å². The molecule has 0 fully saturated rings. The average molecular weight is 469 g/mol. The molecule has 0 aliphatic heterocycles. The maximum Gasteiger partial charge on any atom is 0.421 e. The molecule has 0 radical (unpaired) electrons. The molecule has 0 amide bonds. The SMILES string of the molecule is CN(c1ncccc1CNc1nc(Nc2nccc(N)n2)ncc1C(F)(F)F)S(C)(=O)=O. The van der Waals surface area contributed by atoms with Crippen LogP contribution in [-0.2, 0) is 22.7 Å². The van der Waals surface area contributed by atoms with Crippen LogP contribution in [0.25, 0.3) is 0 Å². The van der Waals surface area contributed by atoms with E-state index in [1.807, 2.05) is 0 Å². The summed E-state index contributed by atoms with van der Waals surface area (Å²) >= 11 is 0. The van der Waals surface area contributed by atoms with Crippen LogP contribution >= 0.6 is 0 Å². The molecule has 0 unspecified atom stereocenters. The lowest BCUT2D eigenvalue weighted by Gasteiger charge is -2.20. The van der Waals surface area contributed by atoms with Gasteiger partial charge in [0.2, 0.25) is 21.9 Å². The normalized spacial score (nSPS) is 11.8. The van der Waals surface area contributed by atoms with Crippen molar-refractivity contribution in [2.24, 2.45) is 0 Å². The molecule has 0 aliphatic rings. The molecule has 0 aromatic carbocycles. The fraction of sp³-hybridized carbons (Fsp3) is 0.235. The summed E-state index contributed by atoms with van der Waals surface area (Å²) in [6.07, 6.45) is -0.413. The Kier molecular flexibility index (Phi) is 6.29. The van der Waals surface area contributed by atoms with Crippen LogP contribution in [0.15, 0.2) is 36.8 Å². The highest BCUT2D eigenvalue weighted by atomic mass is 32.2. The largest absolute Gasteiger partial charge is 0.421 e. The molecule has 0 aliphatic carbocycles. The fourth-order valence-corrected chi connectivity index (χ4v) is 2.98. The van der Waals surface area contributed by atoms with Gasteiger partial charge in [0, 0.05) is 37.7 Å². The van der Waals surface area contributed by atoms with E-state index < -0.39 is 27.6 Å². The molecule has 0 saturated carbocycles. The third kappa shape index (κ3) is 5.48. The molecular weight excluding hydrogens is 451 g/mol. The molecule has 0 atom stereocenters. The molecule has 3 heterocycles. The second kappa shape index (κ2) is 8.78. The van der Waals surface area contributed by atoms with Crippen molar-refractivity contribution in [2.45, 2.75) is 12.7 Å². The average Bonchev–Trinajstić information content (AvgIpc) is 2.70. The van der Waals surface area contributed by atoms with Crippen molar-refractivity contribution in [3.8, 4) is 0 Å². The quantitative estimate of drug-likeness (QED) is 0.468. The summed E-state index contributed by atoms with van der Waals surface area (Å²) in [7, 11) is -2.34. The lowest BCUT2D eigenvalue weighted by molar-refractivity contribution is -0.137. The Bertz CT molecular complexity index is 1220. The predicted molar refractivity (Wildman–Crippen MR) is 112 cm³/mol. The standard InChI is InChI=1S/C17H18F3N9O2S/c1-29(32(2,30)31)14-10(4-3-6-22-14)8-24-13-11(17(18,19)20)9-25-16(27-13)28-15-23-7-5-12(21)26-15/h3-7,9H,8H2,1-2H3,(H4,21,23,24,25,26,27,28). The molecule has 11 nitrogen and oxygen atoms in total. The number of rotatable bonds is 7. The van der Waals surface area contributed by atoms with Gasteiger partial charge in [-0.15, -0.1) is 0 Å². The van der Waals surface area contributed by atoms with Crippen LogP contribution in [0.2, 0.25) is 0 Å². The zero-order valence-corrected chi connectivity index (χ0v) is 17.6. The van der Waals surface area contributed by atoms with Gasteiger partial charge < -0.3 is 11.1 Å². The molecular formula is C17H18F3N9O2S. The number of hydrogen-bond acceptors (Lipinski definition) is 10. The Morgan fingerprint density at radius 2 is 1.81 bits per heavy atom. The molecule has 0 bridgehead atoms. The van der Waals surface area contributed by atoms with Gasteiger partial charge in [-0.3, -0.25) is 9.62 Å². The number of pyridine rings is 1. The van der Waals surface area contributed by atoms with Gasteiger partial charge >= 0.3 is 6.18 Å². The van der Waals surface area contributed by atoms with Crippen LogP contribution in [0.4, 0.5) is 42.5 Å². The van der Waals surface area contributed by atoms with Gasteiger partial charge in [-0.2, -0.15) is 23.1 Å². The van der Waals surface area contributed by atoms with Crippen LogP contribution in [0.5, 0.6) is 0 Å². The minimum absolute atomic E-state index is 0.0000292. The van der Waals surface area contributed by atoms with Crippen LogP contribution in [0, 0.1) is 0 Å². The monoisotopic (exact) mass is 469 g/mol. The van der Waals surface area contributed by atoms with E-state index in [0.29, 0.717) is 11.8 Å². The molecule has 32 heavy (non-hydrogen) atoms. The molecule has 4 N–H and O–H groups in total. The van der Waals surface area contributed by atoms with Gasteiger partial charge in [-0.05, 0) is 12.1 Å². The Labute approximate surface area is 181 Å². The van der Waals surface area contributed by atoms with Crippen molar-refractivity contribution < 1.29 is 21.6 Å². The Hall–Kier alpha value is -3.75. The number of alkyl halides is 3. The van der Waals surface area contributed by atoms with E-state index in [0.717, 1.165) is 10.6 Å². The summed E-state index contributed by atoms with van der Waals surface area (Å²) in [5, 5.41) is 5.16. The number of anilines is 5. The van der Waals surface area contributed by atoms with Crippen molar-refractivity contribution in [1.82, 2.24) is 24.9 Å². The maximum atomic E-state index is 13.5. The van der Waals surface area contributed by atoms with E-state index in [1.54, 1.807) is 0 Å². The second-order valence-corrected chi connectivity index (χ2v) is 8.47. The number of nitrogens with one attached hydrogen (secondary N) is 2. The van der Waals surface area contributed by atoms with E-state index in [1.165, 1.54) is 37.6 Å². The summed E-state index contributed by atoms with van der Waals surface area (Å²) in [6, 6.07) is 4.50. The third-order valence-corrected chi connectivity index (χ3v) is 5.27. The van der Waals surface area contributed by atoms with Crippen molar-refractivity contribution in [1.29, 1.82) is 0 Å². The Balaban J connectivity index is 1.92. The molecule has 0 spiro atoms. The second-order valence-electron chi connectivity index (χ2n) is 6.45. The zero-order chi connectivity index (χ0) is 23.5. The molecule has 3 aromatic rings. The first-order chi connectivity index (χ1) is 14.9. The van der Waals surface area contributed by atoms with E-state index in [2.05, 4.69) is 35.6 Å². The lowest BCUT2D eigenvalue weighted by Crippen LogP contribution is -2.27. The molecule has 3 rings (SSSR count). The fourth-order valence-electron chi connectivity index (χ4n) is 2.50. The topological polar surface area (TPSA) is 152 Å². The highest BCUT2D eigenvalue weighted by Gasteiger charge is 2.35. The number of halogens is 3. The highest BCUT2D eigenvalue weighted by Crippen LogP contribution is 2.34. The molecule has 170 valence electrons. The summed E-state index contributed by atoms with van der Waals surface area (Å²) < 4.78 is 65.0. The third-order valence-electron chi connectivity index (χ3n) is 4.10. The highest BCUT2D eigenvalue weighted by molar-refractivity contribution is 7.92. The van der Waals surface area contributed by atoms with Crippen LogP contribution in [0.3, 0.4) is 0 Å². The van der Waals surface area contributed by atoms with E-state index >= 15 is 0 Å². The number of nitrogen functional groups attached to an aromatic ring is 1. The van der Waals surface area contributed by atoms with Crippen molar-refractivity contribution in [2.75, 3.05) is 34.0 Å². The summed E-state index contributed by atoms with van der Waals surface area (Å²) in [5.41, 5.74) is 4.78. The van der Waals surface area contributed by atoms with Gasteiger partial charge in [-0.25, -0.2) is 23.4 Å². The van der Waals surface area contributed by atoms with Crippen LogP contribution < -0.4 is 20.7 Å². The first-order valence-electron chi connectivity index (χ1n) is 8.86. The Morgan fingerprint density at radius 3 is 2.47 bits per heavy atom. The molecule has 0 saturated heterocycles. The number of aromatic nitrogens is 5. The lowest BCUT2D eigenvalue weighted by atomic mass is 10.2. The zero-order valence-electron chi connectivity index (χ0n) is 16.8. The van der Waals surface area contributed by atoms with E-state index in [4.69, 9.17) is 5.73 Å². The number of nitrogens with zero attached hydrogens (tertiary/aromatic N) is 6. The van der Waals surface area contributed by atoms with E-state index in [9.17, 15) is 21.6 Å².